The molecule has 26 heavy (non-hydrogen) atoms. The number of nitrogens with zero attached hydrogens (tertiary/aromatic N) is 2. The predicted molar refractivity (Wildman–Crippen MR) is 116 cm³/mol. The Balaban J connectivity index is 0.00000625. The molecule has 0 aliphatic carbocycles. The summed E-state index contributed by atoms with van der Waals surface area (Å²) in [5.74, 6) is 0.400. The lowest BCUT2D eigenvalue weighted by Gasteiger charge is -2.18. The normalized spacial score (nSPS) is 12.0. The van der Waals surface area contributed by atoms with Crippen molar-refractivity contribution >= 4 is 40.0 Å². The van der Waals surface area contributed by atoms with E-state index in [4.69, 9.17) is 0 Å². The minimum absolute atomic E-state index is 0. The number of benzene rings is 1. The van der Waals surface area contributed by atoms with E-state index in [0.29, 0.717) is 50.7 Å². The third-order valence-electron chi connectivity index (χ3n) is 3.70. The molecule has 0 atom stereocenters. The molecular formula is C17H30FIN4O2S. The van der Waals surface area contributed by atoms with Crippen LogP contribution in [-0.4, -0.2) is 51.1 Å². The minimum Gasteiger partial charge on any atom is -0.357 e. The molecule has 0 bridgehead atoms. The van der Waals surface area contributed by atoms with Crippen LogP contribution in [0.15, 0.2) is 23.2 Å². The third-order valence-corrected chi connectivity index (χ3v) is 5.08. The van der Waals surface area contributed by atoms with Crippen molar-refractivity contribution in [1.29, 1.82) is 0 Å². The summed E-state index contributed by atoms with van der Waals surface area (Å²) >= 11 is 0. The standard InChI is InChI=1S/C17H29FN4O2S.HI/c1-5-19-17(20-10-7-11-22(6-2)25(4,23)24)21-13-15-9-8-14(3)16(18)12-15;/h8-9,12H,5-7,10-11,13H2,1-4H3,(H2,19,20,21);1H. The van der Waals surface area contributed by atoms with Gasteiger partial charge in [-0.25, -0.2) is 22.1 Å². The van der Waals surface area contributed by atoms with Crippen molar-refractivity contribution in [3.8, 4) is 0 Å². The van der Waals surface area contributed by atoms with Crippen LogP contribution in [0.4, 0.5) is 4.39 Å². The second-order valence-electron chi connectivity index (χ2n) is 5.81. The topological polar surface area (TPSA) is 73.8 Å². The van der Waals surface area contributed by atoms with Crippen LogP contribution in [0.5, 0.6) is 0 Å². The molecule has 0 aliphatic heterocycles. The van der Waals surface area contributed by atoms with Crippen molar-refractivity contribution in [3.63, 3.8) is 0 Å². The number of guanidine groups is 1. The van der Waals surface area contributed by atoms with Crippen LogP contribution in [-0.2, 0) is 16.6 Å². The van der Waals surface area contributed by atoms with Crippen molar-refractivity contribution in [3.05, 3.63) is 35.1 Å². The summed E-state index contributed by atoms with van der Waals surface area (Å²) in [4.78, 5) is 4.44. The molecule has 1 rings (SSSR count). The average Bonchev–Trinajstić information content (AvgIpc) is 2.54. The zero-order valence-corrected chi connectivity index (χ0v) is 19.0. The van der Waals surface area contributed by atoms with Crippen LogP contribution in [0.3, 0.4) is 0 Å². The lowest BCUT2D eigenvalue weighted by molar-refractivity contribution is 0.424. The summed E-state index contributed by atoms with van der Waals surface area (Å²) in [7, 11) is -3.16. The Kier molecular flexibility index (Phi) is 12.0. The van der Waals surface area contributed by atoms with Gasteiger partial charge in [-0.2, -0.15) is 0 Å². The van der Waals surface area contributed by atoms with Gasteiger partial charge in [0.2, 0.25) is 10.0 Å². The van der Waals surface area contributed by atoms with E-state index in [1.807, 2.05) is 19.9 Å². The van der Waals surface area contributed by atoms with E-state index in [0.717, 1.165) is 5.56 Å². The van der Waals surface area contributed by atoms with E-state index < -0.39 is 10.0 Å². The number of aryl methyl sites for hydroxylation is 1. The summed E-state index contributed by atoms with van der Waals surface area (Å²) < 4.78 is 38.1. The molecule has 0 spiro atoms. The van der Waals surface area contributed by atoms with Gasteiger partial charge < -0.3 is 10.6 Å². The van der Waals surface area contributed by atoms with Gasteiger partial charge in [0.15, 0.2) is 5.96 Å². The molecule has 0 saturated carbocycles. The van der Waals surface area contributed by atoms with Crippen LogP contribution in [0.25, 0.3) is 0 Å². The Morgan fingerprint density at radius 3 is 2.50 bits per heavy atom. The van der Waals surface area contributed by atoms with E-state index in [-0.39, 0.29) is 29.8 Å². The molecule has 0 aliphatic rings. The van der Waals surface area contributed by atoms with E-state index in [2.05, 4.69) is 15.6 Å². The van der Waals surface area contributed by atoms with Crippen LogP contribution < -0.4 is 10.6 Å². The fourth-order valence-corrected chi connectivity index (χ4v) is 3.20. The summed E-state index contributed by atoms with van der Waals surface area (Å²) in [5.41, 5.74) is 1.42. The fourth-order valence-electron chi connectivity index (χ4n) is 2.27. The van der Waals surface area contributed by atoms with Gasteiger partial charge in [0.25, 0.3) is 0 Å². The van der Waals surface area contributed by atoms with E-state index >= 15 is 0 Å². The maximum absolute atomic E-state index is 13.6. The Bertz CT molecular complexity index is 683. The molecule has 150 valence electrons. The largest absolute Gasteiger partial charge is 0.357 e. The first-order valence-electron chi connectivity index (χ1n) is 8.50. The highest BCUT2D eigenvalue weighted by Gasteiger charge is 2.13. The lowest BCUT2D eigenvalue weighted by Crippen LogP contribution is -2.39. The maximum Gasteiger partial charge on any atom is 0.211 e. The number of sulfonamides is 1. The zero-order valence-electron chi connectivity index (χ0n) is 15.9. The summed E-state index contributed by atoms with van der Waals surface area (Å²) in [6.07, 6.45) is 1.89. The first kappa shape index (κ1) is 25.1. The number of aliphatic imine (C=N–C) groups is 1. The number of nitrogens with one attached hydrogen (secondary N) is 2. The number of rotatable bonds is 9. The molecule has 0 radical (unpaired) electrons. The molecule has 0 amide bonds. The zero-order chi connectivity index (χ0) is 18.9. The Morgan fingerprint density at radius 2 is 1.96 bits per heavy atom. The third kappa shape index (κ3) is 9.13. The Hall–Kier alpha value is -0.940. The molecular weight excluding hydrogens is 470 g/mol. The molecule has 0 saturated heterocycles. The molecule has 2 N–H and O–H groups in total. The molecule has 0 heterocycles. The summed E-state index contributed by atoms with van der Waals surface area (Å²) in [6, 6.07) is 5.09. The molecule has 0 aromatic heterocycles. The van der Waals surface area contributed by atoms with Crippen molar-refractivity contribution in [1.82, 2.24) is 14.9 Å². The van der Waals surface area contributed by atoms with Gasteiger partial charge in [0.1, 0.15) is 5.82 Å². The van der Waals surface area contributed by atoms with Crippen molar-refractivity contribution in [2.45, 2.75) is 33.7 Å². The number of hydrogen-bond acceptors (Lipinski definition) is 3. The maximum atomic E-state index is 13.6. The van der Waals surface area contributed by atoms with Gasteiger partial charge in [0.05, 0.1) is 12.8 Å². The van der Waals surface area contributed by atoms with E-state index in [9.17, 15) is 12.8 Å². The quantitative estimate of drug-likeness (QED) is 0.237. The van der Waals surface area contributed by atoms with Gasteiger partial charge >= 0.3 is 0 Å². The lowest BCUT2D eigenvalue weighted by atomic mass is 10.1. The second-order valence-corrected chi connectivity index (χ2v) is 7.80. The van der Waals surface area contributed by atoms with Gasteiger partial charge in [-0.3, -0.25) is 0 Å². The molecule has 0 fully saturated rings. The van der Waals surface area contributed by atoms with Crippen LogP contribution in [0.2, 0.25) is 0 Å². The monoisotopic (exact) mass is 500 g/mol. The minimum atomic E-state index is -3.16. The van der Waals surface area contributed by atoms with Crippen LogP contribution in [0.1, 0.15) is 31.4 Å². The van der Waals surface area contributed by atoms with Crippen molar-refractivity contribution < 1.29 is 12.8 Å². The summed E-state index contributed by atoms with van der Waals surface area (Å²) in [6.45, 7) is 8.11. The van der Waals surface area contributed by atoms with Gasteiger partial charge in [-0.05, 0) is 37.5 Å². The molecule has 0 unspecified atom stereocenters. The van der Waals surface area contributed by atoms with Gasteiger partial charge in [0, 0.05) is 26.2 Å². The van der Waals surface area contributed by atoms with E-state index in [1.54, 1.807) is 13.0 Å². The Morgan fingerprint density at radius 1 is 1.27 bits per heavy atom. The van der Waals surface area contributed by atoms with Crippen LogP contribution >= 0.6 is 24.0 Å². The highest BCUT2D eigenvalue weighted by Crippen LogP contribution is 2.09. The molecule has 1 aromatic carbocycles. The van der Waals surface area contributed by atoms with Crippen molar-refractivity contribution in [2.24, 2.45) is 4.99 Å². The number of hydrogen-bond donors (Lipinski definition) is 2. The van der Waals surface area contributed by atoms with Crippen LogP contribution in [0, 0.1) is 12.7 Å². The van der Waals surface area contributed by atoms with Gasteiger partial charge in [-0.1, -0.05) is 19.1 Å². The summed E-state index contributed by atoms with van der Waals surface area (Å²) in [5, 5.41) is 6.30. The molecule has 9 heteroatoms. The second kappa shape index (κ2) is 12.4. The van der Waals surface area contributed by atoms with Crippen molar-refractivity contribution in [2.75, 3.05) is 32.4 Å². The van der Waals surface area contributed by atoms with Gasteiger partial charge in [-0.15, -0.1) is 24.0 Å². The predicted octanol–water partition coefficient (Wildman–Crippen LogP) is 2.48. The highest BCUT2D eigenvalue weighted by molar-refractivity contribution is 14.0. The van der Waals surface area contributed by atoms with E-state index in [1.165, 1.54) is 16.6 Å². The first-order valence-corrected chi connectivity index (χ1v) is 10.3. The molecule has 1 aromatic rings. The first-order chi connectivity index (χ1) is 11.8. The number of halogens is 2. The highest BCUT2D eigenvalue weighted by atomic mass is 127. The molecule has 6 nitrogen and oxygen atoms in total. The fraction of sp³-hybridized carbons (Fsp3) is 0.588. The Labute approximate surface area is 173 Å². The average molecular weight is 500 g/mol. The smallest absolute Gasteiger partial charge is 0.211 e. The SMILES string of the molecule is CCNC(=NCc1ccc(C)c(F)c1)NCCCN(CC)S(C)(=O)=O.I.